The van der Waals surface area contributed by atoms with Gasteiger partial charge in [-0.1, -0.05) is 42.9 Å². The Morgan fingerprint density at radius 2 is 2.14 bits per heavy atom. The minimum Gasteiger partial charge on any atom is -0.469 e. The normalized spacial score (nSPS) is 17.5. The Kier molecular flexibility index (Phi) is 8.49. The fourth-order valence-electron chi connectivity index (χ4n) is 1.83. The van der Waals surface area contributed by atoms with Crippen LogP contribution >= 0.6 is 0 Å². The number of carbonyl (C=O) groups is 1. The third-order valence-electron chi connectivity index (χ3n) is 3.23. The van der Waals surface area contributed by atoms with Gasteiger partial charge in [-0.3, -0.25) is 4.79 Å². The average Bonchev–Trinajstić information content (AvgIpc) is 3.26. The number of ether oxygens (including phenoxy) is 1. The van der Waals surface area contributed by atoms with Crippen LogP contribution < -0.4 is 0 Å². The quantitative estimate of drug-likeness (QED) is 0.408. The van der Waals surface area contributed by atoms with Gasteiger partial charge >= 0.3 is 5.97 Å². The molecule has 2 atom stereocenters. The molecule has 0 aromatic carbocycles. The van der Waals surface area contributed by atoms with Crippen LogP contribution in [0.3, 0.4) is 0 Å². The van der Waals surface area contributed by atoms with Gasteiger partial charge in [-0.2, -0.15) is 0 Å². The lowest BCUT2D eigenvalue weighted by Gasteiger charge is -2.01. The number of aliphatic hydroxyl groups is 2. The van der Waals surface area contributed by atoms with Gasteiger partial charge in [0, 0.05) is 6.42 Å². The highest BCUT2D eigenvalue weighted by molar-refractivity contribution is 5.68. The third-order valence-corrected chi connectivity index (χ3v) is 3.23. The molecule has 116 valence electrons. The molecule has 4 nitrogen and oxygen atoms in total. The van der Waals surface area contributed by atoms with Crippen molar-refractivity contribution in [1.29, 1.82) is 0 Å². The fraction of sp³-hybridized carbons (Fsp3) is 0.588. The molecule has 21 heavy (non-hydrogen) atoms. The van der Waals surface area contributed by atoms with E-state index < -0.39 is 6.10 Å². The molecule has 0 spiro atoms. The van der Waals surface area contributed by atoms with Crippen molar-refractivity contribution in [3.8, 4) is 11.8 Å². The number of rotatable bonds is 8. The maximum Gasteiger partial charge on any atom is 0.305 e. The van der Waals surface area contributed by atoms with Crippen molar-refractivity contribution in [2.24, 2.45) is 5.92 Å². The van der Waals surface area contributed by atoms with E-state index >= 15 is 0 Å². The summed E-state index contributed by atoms with van der Waals surface area (Å²) in [4.78, 5) is 10.9. The molecule has 1 aliphatic rings. The van der Waals surface area contributed by atoms with E-state index in [1.165, 1.54) is 20.0 Å². The standard InChI is InChI=1S/C17H24O4/c1-21-17(20)10-6-9-15(18)7-4-2-3-5-8-16(19)13-14-11-12-14/h2-3,5,8,14-16,18-19H,6,9-13H2,1H3/b3-2+,8-5+/t15-,16+/m1/s1. The second kappa shape index (κ2) is 10.2. The van der Waals surface area contributed by atoms with Gasteiger partial charge in [-0.05, 0) is 31.3 Å². The molecule has 0 amide bonds. The van der Waals surface area contributed by atoms with Crippen molar-refractivity contribution in [3.63, 3.8) is 0 Å². The summed E-state index contributed by atoms with van der Waals surface area (Å²) in [5.74, 6) is 5.84. The molecule has 0 radical (unpaired) electrons. The molecule has 0 aliphatic heterocycles. The van der Waals surface area contributed by atoms with Crippen LogP contribution in [0.25, 0.3) is 0 Å². The van der Waals surface area contributed by atoms with E-state index in [-0.39, 0.29) is 12.1 Å². The van der Waals surface area contributed by atoms with Gasteiger partial charge in [-0.15, -0.1) is 0 Å². The van der Waals surface area contributed by atoms with Crippen LogP contribution in [0.5, 0.6) is 0 Å². The summed E-state index contributed by atoms with van der Waals surface area (Å²) in [6.45, 7) is 0. The summed E-state index contributed by atoms with van der Waals surface area (Å²) in [6, 6.07) is 0. The first kappa shape index (κ1) is 17.5. The summed E-state index contributed by atoms with van der Waals surface area (Å²) >= 11 is 0. The third kappa shape index (κ3) is 9.89. The number of aliphatic hydroxyl groups excluding tert-OH is 2. The van der Waals surface area contributed by atoms with E-state index in [2.05, 4.69) is 16.6 Å². The summed E-state index contributed by atoms with van der Waals surface area (Å²) in [5, 5.41) is 19.2. The number of allylic oxidation sites excluding steroid dienone is 3. The van der Waals surface area contributed by atoms with Crippen LogP contribution in [0.2, 0.25) is 0 Å². The smallest absolute Gasteiger partial charge is 0.305 e. The molecule has 1 fully saturated rings. The van der Waals surface area contributed by atoms with Crippen LogP contribution in [0.4, 0.5) is 0 Å². The predicted molar refractivity (Wildman–Crippen MR) is 81.3 cm³/mol. The molecular weight excluding hydrogens is 268 g/mol. The highest BCUT2D eigenvalue weighted by Crippen LogP contribution is 2.33. The van der Waals surface area contributed by atoms with Crippen molar-refractivity contribution in [1.82, 2.24) is 0 Å². The Morgan fingerprint density at radius 1 is 1.38 bits per heavy atom. The van der Waals surface area contributed by atoms with Gasteiger partial charge in [-0.25, -0.2) is 0 Å². The van der Waals surface area contributed by atoms with Crippen LogP contribution in [0.15, 0.2) is 24.3 Å². The minimum absolute atomic E-state index is 0.273. The zero-order chi connectivity index (χ0) is 15.5. The first-order chi connectivity index (χ1) is 10.1. The molecule has 0 bridgehead atoms. The molecule has 1 saturated carbocycles. The van der Waals surface area contributed by atoms with E-state index in [1.807, 2.05) is 0 Å². The van der Waals surface area contributed by atoms with Crippen molar-refractivity contribution < 1.29 is 19.7 Å². The highest BCUT2D eigenvalue weighted by atomic mass is 16.5. The van der Waals surface area contributed by atoms with Crippen molar-refractivity contribution in [2.75, 3.05) is 7.11 Å². The summed E-state index contributed by atoms with van der Waals surface area (Å²) < 4.78 is 4.51. The van der Waals surface area contributed by atoms with Gasteiger partial charge in [0.1, 0.15) is 6.10 Å². The van der Waals surface area contributed by atoms with Gasteiger partial charge < -0.3 is 14.9 Å². The van der Waals surface area contributed by atoms with Gasteiger partial charge in [0.15, 0.2) is 0 Å². The molecule has 0 aromatic heterocycles. The Hall–Kier alpha value is -1.57. The molecule has 1 aliphatic carbocycles. The second-order valence-electron chi connectivity index (χ2n) is 5.26. The minimum atomic E-state index is -0.733. The van der Waals surface area contributed by atoms with Crippen molar-refractivity contribution in [2.45, 2.75) is 50.7 Å². The Labute approximate surface area is 126 Å². The van der Waals surface area contributed by atoms with Crippen LogP contribution in [-0.2, 0) is 9.53 Å². The van der Waals surface area contributed by atoms with E-state index in [9.17, 15) is 15.0 Å². The molecule has 0 aromatic rings. The van der Waals surface area contributed by atoms with Crippen LogP contribution in [0, 0.1) is 17.8 Å². The molecule has 4 heteroatoms. The molecule has 2 N–H and O–H groups in total. The summed E-state index contributed by atoms with van der Waals surface area (Å²) in [7, 11) is 1.35. The predicted octanol–water partition coefficient (Wildman–Crippen LogP) is 1.97. The number of esters is 1. The van der Waals surface area contributed by atoms with E-state index in [0.29, 0.717) is 25.2 Å². The maximum absolute atomic E-state index is 10.9. The fourth-order valence-corrected chi connectivity index (χ4v) is 1.83. The largest absolute Gasteiger partial charge is 0.469 e. The lowest BCUT2D eigenvalue weighted by molar-refractivity contribution is -0.140. The Bertz CT molecular complexity index is 424. The van der Waals surface area contributed by atoms with E-state index in [1.54, 1.807) is 24.3 Å². The first-order valence-corrected chi connectivity index (χ1v) is 7.39. The lowest BCUT2D eigenvalue weighted by Crippen LogP contribution is -2.05. The lowest BCUT2D eigenvalue weighted by atomic mass is 10.1. The van der Waals surface area contributed by atoms with E-state index in [0.717, 1.165) is 6.42 Å². The van der Waals surface area contributed by atoms with Gasteiger partial charge in [0.25, 0.3) is 0 Å². The molecule has 0 saturated heterocycles. The Balaban J connectivity index is 2.13. The first-order valence-electron chi connectivity index (χ1n) is 7.39. The SMILES string of the molecule is COC(=O)CCC[C@H](O)C#C/C=C/C=C/[C@H](O)CC1CC1. The number of hydrogen-bond acceptors (Lipinski definition) is 4. The van der Waals surface area contributed by atoms with Gasteiger partial charge in [0.2, 0.25) is 0 Å². The van der Waals surface area contributed by atoms with E-state index in [4.69, 9.17) is 0 Å². The zero-order valence-corrected chi connectivity index (χ0v) is 12.5. The number of methoxy groups -OCH3 is 1. The monoisotopic (exact) mass is 292 g/mol. The van der Waals surface area contributed by atoms with Crippen LogP contribution in [-0.4, -0.2) is 35.5 Å². The topological polar surface area (TPSA) is 66.8 Å². The molecule has 0 unspecified atom stereocenters. The number of carbonyl (C=O) groups excluding carboxylic acids is 1. The number of hydrogen-bond donors (Lipinski definition) is 2. The molecule has 1 rings (SSSR count). The zero-order valence-electron chi connectivity index (χ0n) is 12.5. The van der Waals surface area contributed by atoms with Gasteiger partial charge in [0.05, 0.1) is 13.2 Å². The summed E-state index contributed by atoms with van der Waals surface area (Å²) in [5.41, 5.74) is 0. The Morgan fingerprint density at radius 3 is 2.81 bits per heavy atom. The second-order valence-corrected chi connectivity index (χ2v) is 5.26. The summed E-state index contributed by atoms with van der Waals surface area (Å²) in [6.07, 6.45) is 10.4. The van der Waals surface area contributed by atoms with Crippen molar-refractivity contribution >= 4 is 5.97 Å². The molecular formula is C17H24O4. The molecule has 0 heterocycles. The highest BCUT2D eigenvalue weighted by Gasteiger charge is 2.23. The maximum atomic E-state index is 10.9. The average molecular weight is 292 g/mol. The van der Waals surface area contributed by atoms with Crippen LogP contribution in [0.1, 0.15) is 38.5 Å². The van der Waals surface area contributed by atoms with Crippen molar-refractivity contribution in [3.05, 3.63) is 24.3 Å².